The highest BCUT2D eigenvalue weighted by molar-refractivity contribution is 6.10. The van der Waals surface area contributed by atoms with Crippen molar-refractivity contribution in [3.8, 4) is 0 Å². The average Bonchev–Trinajstić information content (AvgIpc) is 3.35. The minimum absolute atomic E-state index is 0.0807. The molecule has 0 spiro atoms. The van der Waals surface area contributed by atoms with E-state index >= 15 is 0 Å². The molecule has 27 heavy (non-hydrogen) atoms. The number of hydrogen-bond acceptors (Lipinski definition) is 2. The Bertz CT molecular complexity index is 1120. The number of rotatable bonds is 4. The lowest BCUT2D eigenvalue weighted by molar-refractivity contribution is 0.102. The first-order valence-electron chi connectivity index (χ1n) is 9.17. The molecule has 4 aromatic rings. The molecule has 132 valence electrons. The lowest BCUT2D eigenvalue weighted by Gasteiger charge is -2.11. The van der Waals surface area contributed by atoms with Gasteiger partial charge in [-0.25, -0.2) is 4.98 Å². The van der Waals surface area contributed by atoms with Crippen LogP contribution in [0.4, 0.5) is 5.69 Å². The van der Waals surface area contributed by atoms with Crippen molar-refractivity contribution in [3.63, 3.8) is 0 Å². The van der Waals surface area contributed by atoms with Crippen molar-refractivity contribution in [1.82, 2.24) is 9.55 Å². The van der Waals surface area contributed by atoms with E-state index in [0.717, 1.165) is 36.0 Å². The van der Waals surface area contributed by atoms with Crippen molar-refractivity contribution < 1.29 is 4.79 Å². The molecule has 4 nitrogen and oxygen atoms in total. The molecular weight excluding hydrogens is 334 g/mol. The molecule has 0 aliphatic heterocycles. The zero-order valence-electron chi connectivity index (χ0n) is 14.9. The number of nitrogens with zero attached hydrogens (tertiary/aromatic N) is 2. The fourth-order valence-electron chi connectivity index (χ4n) is 3.90. The molecule has 0 radical (unpaired) electrons. The standard InChI is InChI=1S/C23H19N3O/c27-23(19-6-4-16(5-7-19)14-26-13-12-24-15-26)25-21-11-10-18-9-8-17-2-1-3-20(21)22(17)18/h1-7,10-13,15H,8-9,14H2,(H,25,27). The molecule has 0 fully saturated rings. The van der Waals surface area contributed by atoms with E-state index in [2.05, 4.69) is 34.6 Å². The van der Waals surface area contributed by atoms with Gasteiger partial charge in [0, 0.05) is 35.6 Å². The van der Waals surface area contributed by atoms with E-state index in [0.29, 0.717) is 5.56 Å². The fraction of sp³-hybridized carbons (Fsp3) is 0.130. The van der Waals surface area contributed by atoms with Gasteiger partial charge in [-0.05, 0) is 53.1 Å². The van der Waals surface area contributed by atoms with Gasteiger partial charge in [0.2, 0.25) is 0 Å². The molecule has 3 aromatic carbocycles. The summed E-state index contributed by atoms with van der Waals surface area (Å²) in [5, 5.41) is 5.54. The Hall–Kier alpha value is -3.40. The highest BCUT2D eigenvalue weighted by Gasteiger charge is 2.17. The van der Waals surface area contributed by atoms with Crippen LogP contribution in [0.25, 0.3) is 10.8 Å². The largest absolute Gasteiger partial charge is 0.333 e. The van der Waals surface area contributed by atoms with E-state index in [4.69, 9.17) is 0 Å². The molecule has 0 bridgehead atoms. The summed E-state index contributed by atoms with van der Waals surface area (Å²) in [6, 6.07) is 18.3. The number of amides is 1. The molecule has 0 unspecified atom stereocenters. The van der Waals surface area contributed by atoms with Crippen LogP contribution in [-0.2, 0) is 19.4 Å². The third-order valence-electron chi connectivity index (χ3n) is 5.27. The first-order valence-corrected chi connectivity index (χ1v) is 9.17. The van der Waals surface area contributed by atoms with E-state index in [-0.39, 0.29) is 5.91 Å². The summed E-state index contributed by atoms with van der Waals surface area (Å²) in [5.41, 5.74) is 5.43. The lowest BCUT2D eigenvalue weighted by atomic mass is 10.0. The van der Waals surface area contributed by atoms with Crippen molar-refractivity contribution in [2.24, 2.45) is 0 Å². The zero-order valence-corrected chi connectivity index (χ0v) is 14.9. The van der Waals surface area contributed by atoms with Gasteiger partial charge in [0.05, 0.1) is 6.33 Å². The smallest absolute Gasteiger partial charge is 0.255 e. The summed E-state index contributed by atoms with van der Waals surface area (Å²) in [4.78, 5) is 16.8. The first-order chi connectivity index (χ1) is 13.3. The Labute approximate surface area is 157 Å². The summed E-state index contributed by atoms with van der Waals surface area (Å²) in [5.74, 6) is -0.0807. The molecule has 0 saturated heterocycles. The number of benzene rings is 3. The van der Waals surface area contributed by atoms with Gasteiger partial charge >= 0.3 is 0 Å². The van der Waals surface area contributed by atoms with Gasteiger partial charge in [0.15, 0.2) is 0 Å². The number of carbonyl (C=O) groups excluding carboxylic acids is 1. The van der Waals surface area contributed by atoms with Gasteiger partial charge in [-0.2, -0.15) is 0 Å². The molecule has 4 heteroatoms. The van der Waals surface area contributed by atoms with E-state index in [1.807, 2.05) is 41.1 Å². The fourth-order valence-corrected chi connectivity index (χ4v) is 3.90. The molecule has 5 rings (SSSR count). The number of aromatic nitrogens is 2. The molecule has 1 amide bonds. The van der Waals surface area contributed by atoms with Crippen LogP contribution in [0.15, 0.2) is 73.3 Å². The summed E-state index contributed by atoms with van der Waals surface area (Å²) in [6.45, 7) is 0.747. The summed E-state index contributed by atoms with van der Waals surface area (Å²) < 4.78 is 2.00. The predicted octanol–water partition coefficient (Wildman–Crippen LogP) is 4.44. The monoisotopic (exact) mass is 353 g/mol. The Kier molecular flexibility index (Phi) is 3.75. The Morgan fingerprint density at radius 3 is 2.59 bits per heavy atom. The van der Waals surface area contributed by atoms with Crippen LogP contribution in [0.1, 0.15) is 27.0 Å². The van der Waals surface area contributed by atoms with Gasteiger partial charge < -0.3 is 9.88 Å². The maximum absolute atomic E-state index is 12.7. The molecule has 1 aliphatic carbocycles. The minimum Gasteiger partial charge on any atom is -0.333 e. The zero-order chi connectivity index (χ0) is 18.2. The third-order valence-corrected chi connectivity index (χ3v) is 5.27. The van der Waals surface area contributed by atoms with Crippen LogP contribution in [0.3, 0.4) is 0 Å². The van der Waals surface area contributed by atoms with Crippen molar-refractivity contribution >= 4 is 22.4 Å². The number of aryl methyl sites for hydroxylation is 2. The van der Waals surface area contributed by atoms with Crippen LogP contribution in [-0.4, -0.2) is 15.5 Å². The Morgan fingerprint density at radius 1 is 1.00 bits per heavy atom. The number of anilines is 1. The Morgan fingerprint density at radius 2 is 1.81 bits per heavy atom. The quantitative estimate of drug-likeness (QED) is 0.590. The molecule has 0 atom stereocenters. The molecule has 0 saturated carbocycles. The lowest BCUT2D eigenvalue weighted by Crippen LogP contribution is -2.12. The van der Waals surface area contributed by atoms with Crippen LogP contribution in [0.2, 0.25) is 0 Å². The van der Waals surface area contributed by atoms with Crippen molar-refractivity contribution in [3.05, 3.63) is 95.6 Å². The highest BCUT2D eigenvalue weighted by atomic mass is 16.1. The number of hydrogen-bond donors (Lipinski definition) is 1. The summed E-state index contributed by atoms with van der Waals surface area (Å²) in [6.07, 6.45) is 7.65. The van der Waals surface area contributed by atoms with Gasteiger partial charge in [-0.1, -0.05) is 36.4 Å². The number of imidazole rings is 1. The van der Waals surface area contributed by atoms with E-state index in [9.17, 15) is 4.79 Å². The maximum atomic E-state index is 12.7. The van der Waals surface area contributed by atoms with Gasteiger partial charge in [0.1, 0.15) is 0 Å². The van der Waals surface area contributed by atoms with Crippen LogP contribution < -0.4 is 5.32 Å². The molecule has 1 aromatic heterocycles. The van der Waals surface area contributed by atoms with Crippen LogP contribution >= 0.6 is 0 Å². The van der Waals surface area contributed by atoms with Crippen LogP contribution in [0, 0.1) is 0 Å². The van der Waals surface area contributed by atoms with E-state index in [1.54, 1.807) is 12.5 Å². The number of carbonyl (C=O) groups is 1. The minimum atomic E-state index is -0.0807. The van der Waals surface area contributed by atoms with Gasteiger partial charge in [-0.3, -0.25) is 4.79 Å². The second-order valence-corrected chi connectivity index (χ2v) is 7.00. The second kappa shape index (κ2) is 6.40. The van der Waals surface area contributed by atoms with Crippen LogP contribution in [0.5, 0.6) is 0 Å². The molecule has 1 aliphatic rings. The molecule has 1 heterocycles. The van der Waals surface area contributed by atoms with Crippen molar-refractivity contribution in [2.75, 3.05) is 5.32 Å². The maximum Gasteiger partial charge on any atom is 0.255 e. The molecular formula is C23H19N3O. The second-order valence-electron chi connectivity index (χ2n) is 7.00. The summed E-state index contributed by atoms with van der Waals surface area (Å²) >= 11 is 0. The topological polar surface area (TPSA) is 46.9 Å². The highest BCUT2D eigenvalue weighted by Crippen LogP contribution is 2.35. The average molecular weight is 353 g/mol. The summed E-state index contributed by atoms with van der Waals surface area (Å²) in [7, 11) is 0. The SMILES string of the molecule is O=C(Nc1ccc2c3c(cccc13)CC2)c1ccc(Cn2ccnc2)cc1. The first kappa shape index (κ1) is 15.8. The van der Waals surface area contributed by atoms with E-state index < -0.39 is 0 Å². The van der Waals surface area contributed by atoms with Crippen molar-refractivity contribution in [1.29, 1.82) is 0 Å². The van der Waals surface area contributed by atoms with Gasteiger partial charge in [-0.15, -0.1) is 0 Å². The normalized spacial score (nSPS) is 12.4. The Balaban J connectivity index is 1.39. The molecule has 1 N–H and O–H groups in total. The van der Waals surface area contributed by atoms with Gasteiger partial charge in [0.25, 0.3) is 5.91 Å². The third kappa shape index (κ3) is 2.89. The number of nitrogens with one attached hydrogen (secondary N) is 1. The predicted molar refractivity (Wildman–Crippen MR) is 107 cm³/mol. The van der Waals surface area contributed by atoms with Crippen molar-refractivity contribution in [2.45, 2.75) is 19.4 Å². The van der Waals surface area contributed by atoms with E-state index in [1.165, 1.54) is 16.5 Å².